The average molecular weight is 493 g/mol. The molecule has 0 saturated heterocycles. The molecule has 2 aromatic rings. The van der Waals surface area contributed by atoms with Crippen molar-refractivity contribution in [3.8, 4) is 0 Å². The summed E-state index contributed by atoms with van der Waals surface area (Å²) in [6.07, 6.45) is -4.22. The molecule has 0 aliphatic heterocycles. The number of hydrogen-bond donors (Lipinski definition) is 0. The Morgan fingerprint density at radius 3 is 1.70 bits per heavy atom. The first kappa shape index (κ1) is 27.4. The standard InChI is InChI=1S/C24H30F6O2Si/c1-2-3-4-5-6-13-18-31-33(20-14-9-7-10-15-20,21-16-11-8-12-17-21)32-19-23(26,27)22(25)24(28,29)30/h7-12,14-17,22H,2-6,13,18-19H2,1H3. The molecule has 2 rings (SSSR count). The van der Waals surface area contributed by atoms with E-state index in [0.717, 1.165) is 32.1 Å². The highest BCUT2D eigenvalue weighted by Gasteiger charge is 2.58. The van der Waals surface area contributed by atoms with Crippen molar-refractivity contribution in [1.29, 1.82) is 0 Å². The van der Waals surface area contributed by atoms with Crippen LogP contribution in [0.2, 0.25) is 0 Å². The van der Waals surface area contributed by atoms with Crippen molar-refractivity contribution in [3.63, 3.8) is 0 Å². The molecular formula is C24H30F6O2Si. The van der Waals surface area contributed by atoms with Crippen molar-refractivity contribution in [2.75, 3.05) is 13.2 Å². The Bertz CT molecular complexity index is 762. The van der Waals surface area contributed by atoms with Gasteiger partial charge in [0.25, 0.3) is 6.17 Å². The third-order valence-corrected chi connectivity index (χ3v) is 8.59. The van der Waals surface area contributed by atoms with Crippen LogP contribution in [0, 0.1) is 0 Å². The molecule has 9 heteroatoms. The zero-order valence-electron chi connectivity index (χ0n) is 18.6. The molecule has 0 aliphatic carbocycles. The second-order valence-corrected chi connectivity index (χ2v) is 10.9. The lowest BCUT2D eigenvalue weighted by atomic mass is 10.1. The summed E-state index contributed by atoms with van der Waals surface area (Å²) >= 11 is 0. The van der Waals surface area contributed by atoms with Gasteiger partial charge in [0.2, 0.25) is 0 Å². The van der Waals surface area contributed by atoms with Gasteiger partial charge in [0, 0.05) is 6.61 Å². The van der Waals surface area contributed by atoms with Gasteiger partial charge in [0.1, 0.15) is 6.61 Å². The van der Waals surface area contributed by atoms with Crippen molar-refractivity contribution in [2.24, 2.45) is 0 Å². The summed E-state index contributed by atoms with van der Waals surface area (Å²) in [5.41, 5.74) is 0. The van der Waals surface area contributed by atoms with Gasteiger partial charge < -0.3 is 8.85 Å². The summed E-state index contributed by atoms with van der Waals surface area (Å²) in [5, 5.41) is 0.917. The Morgan fingerprint density at radius 1 is 0.727 bits per heavy atom. The highest BCUT2D eigenvalue weighted by molar-refractivity contribution is 6.92. The van der Waals surface area contributed by atoms with Gasteiger partial charge in [-0.3, -0.25) is 0 Å². The molecule has 1 atom stereocenters. The van der Waals surface area contributed by atoms with Crippen LogP contribution in [0.4, 0.5) is 26.3 Å². The van der Waals surface area contributed by atoms with E-state index >= 15 is 0 Å². The minimum atomic E-state index is -5.70. The number of halogens is 6. The molecule has 0 heterocycles. The van der Waals surface area contributed by atoms with E-state index in [2.05, 4.69) is 6.92 Å². The Morgan fingerprint density at radius 2 is 1.21 bits per heavy atom. The molecule has 184 valence electrons. The molecule has 0 bridgehead atoms. The number of rotatable bonds is 14. The molecular weight excluding hydrogens is 462 g/mol. The number of benzene rings is 2. The third-order valence-electron chi connectivity index (χ3n) is 5.24. The second-order valence-electron chi connectivity index (χ2n) is 7.92. The first-order valence-electron chi connectivity index (χ1n) is 11.1. The largest absolute Gasteiger partial charge is 0.425 e. The van der Waals surface area contributed by atoms with Gasteiger partial charge in [-0.25, -0.2) is 13.2 Å². The maximum atomic E-state index is 14.2. The van der Waals surface area contributed by atoms with Crippen LogP contribution in [0.25, 0.3) is 0 Å². The lowest BCUT2D eigenvalue weighted by molar-refractivity contribution is -0.251. The summed E-state index contributed by atoms with van der Waals surface area (Å²) < 4.78 is 91.6. The average Bonchev–Trinajstić information content (AvgIpc) is 2.80. The first-order valence-corrected chi connectivity index (χ1v) is 12.9. The van der Waals surface area contributed by atoms with Crippen LogP contribution in [-0.2, 0) is 8.85 Å². The molecule has 0 spiro atoms. The van der Waals surface area contributed by atoms with Gasteiger partial charge in [0.15, 0.2) is 0 Å². The molecule has 0 radical (unpaired) electrons. The fraction of sp³-hybridized carbons (Fsp3) is 0.500. The monoisotopic (exact) mass is 492 g/mol. The van der Waals surface area contributed by atoms with Gasteiger partial charge >= 0.3 is 20.7 Å². The van der Waals surface area contributed by atoms with E-state index in [4.69, 9.17) is 8.85 Å². The molecule has 2 aromatic carbocycles. The first-order chi connectivity index (χ1) is 15.6. The number of hydrogen-bond acceptors (Lipinski definition) is 2. The van der Waals surface area contributed by atoms with Crippen LogP contribution >= 0.6 is 0 Å². The summed E-state index contributed by atoms with van der Waals surface area (Å²) in [6.45, 7) is 0.545. The summed E-state index contributed by atoms with van der Waals surface area (Å²) in [6, 6.07) is 16.7. The third kappa shape index (κ3) is 7.86. The summed E-state index contributed by atoms with van der Waals surface area (Å²) in [7, 11) is -3.85. The van der Waals surface area contributed by atoms with Gasteiger partial charge in [-0.05, 0) is 16.8 Å². The van der Waals surface area contributed by atoms with Crippen molar-refractivity contribution in [3.05, 3.63) is 60.7 Å². The van der Waals surface area contributed by atoms with Crippen LogP contribution in [0.15, 0.2) is 60.7 Å². The van der Waals surface area contributed by atoms with E-state index in [1.54, 1.807) is 60.7 Å². The lowest BCUT2D eigenvalue weighted by Gasteiger charge is -2.34. The fourth-order valence-electron chi connectivity index (χ4n) is 3.47. The fourth-order valence-corrected chi connectivity index (χ4v) is 6.64. The number of unbranched alkanes of at least 4 members (excludes halogenated alkanes) is 5. The Labute approximate surface area is 192 Å². The molecule has 0 N–H and O–H groups in total. The highest BCUT2D eigenvalue weighted by atomic mass is 28.4. The van der Waals surface area contributed by atoms with Crippen molar-refractivity contribution in [2.45, 2.75) is 63.7 Å². The maximum absolute atomic E-state index is 14.2. The van der Waals surface area contributed by atoms with Gasteiger partial charge in [-0.15, -0.1) is 0 Å². The van der Waals surface area contributed by atoms with Crippen molar-refractivity contribution >= 4 is 18.9 Å². The van der Waals surface area contributed by atoms with Gasteiger partial charge in [-0.2, -0.15) is 13.2 Å². The minimum absolute atomic E-state index is 0.187. The van der Waals surface area contributed by atoms with Crippen molar-refractivity contribution in [1.82, 2.24) is 0 Å². The molecule has 1 unspecified atom stereocenters. The van der Waals surface area contributed by atoms with Crippen LogP contribution in [0.3, 0.4) is 0 Å². The zero-order chi connectivity index (χ0) is 24.4. The maximum Gasteiger partial charge on any atom is 0.425 e. The minimum Gasteiger partial charge on any atom is -0.388 e. The van der Waals surface area contributed by atoms with Gasteiger partial charge in [-0.1, -0.05) is 99.7 Å². The predicted octanol–water partition coefficient (Wildman–Crippen LogP) is 6.17. The quantitative estimate of drug-likeness (QED) is 0.178. The van der Waals surface area contributed by atoms with Crippen LogP contribution in [0.1, 0.15) is 45.4 Å². The number of alkyl halides is 6. The molecule has 0 fully saturated rings. The normalized spacial score (nSPS) is 13.8. The zero-order valence-corrected chi connectivity index (χ0v) is 19.6. The van der Waals surface area contributed by atoms with E-state index in [1.165, 1.54) is 0 Å². The smallest absolute Gasteiger partial charge is 0.388 e. The summed E-state index contributed by atoms with van der Waals surface area (Å²) in [5.74, 6) is -4.76. The molecule has 0 aliphatic rings. The van der Waals surface area contributed by atoms with E-state index in [-0.39, 0.29) is 6.61 Å². The molecule has 0 amide bonds. The van der Waals surface area contributed by atoms with E-state index in [1.807, 2.05) is 0 Å². The summed E-state index contributed by atoms with van der Waals surface area (Å²) in [4.78, 5) is 0. The molecule has 33 heavy (non-hydrogen) atoms. The van der Waals surface area contributed by atoms with E-state index < -0.39 is 33.4 Å². The van der Waals surface area contributed by atoms with Crippen molar-refractivity contribution < 1.29 is 35.2 Å². The van der Waals surface area contributed by atoms with Crippen LogP contribution < -0.4 is 10.4 Å². The van der Waals surface area contributed by atoms with E-state index in [0.29, 0.717) is 16.8 Å². The predicted molar refractivity (Wildman–Crippen MR) is 119 cm³/mol. The van der Waals surface area contributed by atoms with E-state index in [9.17, 15) is 26.3 Å². The Balaban J connectivity index is 2.31. The molecule has 0 saturated carbocycles. The highest BCUT2D eigenvalue weighted by Crippen LogP contribution is 2.35. The Kier molecular flexibility index (Phi) is 10.4. The van der Waals surface area contributed by atoms with Gasteiger partial charge in [0.05, 0.1) is 0 Å². The second kappa shape index (κ2) is 12.6. The SMILES string of the molecule is CCCCCCCCO[Si](OCC(F)(F)C(F)C(F)(F)F)(c1ccccc1)c1ccccc1. The lowest BCUT2D eigenvalue weighted by Crippen LogP contribution is -2.65. The molecule has 2 nitrogen and oxygen atoms in total. The van der Waals surface area contributed by atoms with Crippen LogP contribution in [-0.4, -0.2) is 40.0 Å². The molecule has 0 aromatic heterocycles. The topological polar surface area (TPSA) is 18.5 Å². The van der Waals surface area contributed by atoms with Crippen LogP contribution in [0.5, 0.6) is 0 Å². The Hall–Kier alpha value is -1.84.